The van der Waals surface area contributed by atoms with Gasteiger partial charge in [0.1, 0.15) is 4.90 Å². The maximum atomic E-state index is 11.5. The predicted molar refractivity (Wildman–Crippen MR) is 77.5 cm³/mol. The van der Waals surface area contributed by atoms with Crippen LogP contribution in [0.5, 0.6) is 0 Å². The number of rotatable bonds is 4. The van der Waals surface area contributed by atoms with Crippen LogP contribution in [0.3, 0.4) is 0 Å². The molecule has 0 unspecified atom stereocenters. The third kappa shape index (κ3) is 2.91. The minimum atomic E-state index is -3.83. The van der Waals surface area contributed by atoms with Crippen LogP contribution in [-0.4, -0.2) is 25.2 Å². The highest BCUT2D eigenvalue weighted by molar-refractivity contribution is 7.89. The Morgan fingerprint density at radius 1 is 1.40 bits per heavy atom. The molecule has 108 valence electrons. The number of sulfonamides is 1. The van der Waals surface area contributed by atoms with Gasteiger partial charge in [-0.05, 0) is 12.1 Å². The van der Waals surface area contributed by atoms with E-state index in [0.717, 1.165) is 5.56 Å². The first-order chi connectivity index (χ1) is 9.29. The molecule has 2 rings (SSSR count). The normalized spacial score (nSPS) is 11.6. The molecule has 8 heteroatoms. The van der Waals surface area contributed by atoms with E-state index in [9.17, 15) is 8.42 Å². The highest BCUT2D eigenvalue weighted by Crippen LogP contribution is 2.29. The van der Waals surface area contributed by atoms with Gasteiger partial charge in [-0.2, -0.15) is 5.10 Å². The number of nitrogen functional groups attached to an aromatic ring is 1. The summed E-state index contributed by atoms with van der Waals surface area (Å²) in [6.45, 7) is 0.562. The van der Waals surface area contributed by atoms with Crippen LogP contribution in [0.15, 0.2) is 35.5 Å². The van der Waals surface area contributed by atoms with Crippen molar-refractivity contribution < 1.29 is 8.42 Å². The summed E-state index contributed by atoms with van der Waals surface area (Å²) in [5, 5.41) is 9.23. The first-order valence-corrected chi connectivity index (χ1v) is 7.43. The lowest BCUT2D eigenvalue weighted by atomic mass is 10.2. The van der Waals surface area contributed by atoms with E-state index >= 15 is 0 Å². The molecule has 0 radical (unpaired) electrons. The zero-order valence-electron chi connectivity index (χ0n) is 11.3. The molecule has 4 N–H and O–H groups in total. The van der Waals surface area contributed by atoms with E-state index in [2.05, 4.69) is 5.10 Å². The Balaban J connectivity index is 2.33. The second-order valence-electron chi connectivity index (χ2n) is 4.61. The lowest BCUT2D eigenvalue weighted by Crippen LogP contribution is -2.20. The summed E-state index contributed by atoms with van der Waals surface area (Å²) in [7, 11) is -0.169. The molecule has 0 spiro atoms. The third-order valence-electron chi connectivity index (χ3n) is 2.94. The smallest absolute Gasteiger partial charge is 0.240 e. The van der Waals surface area contributed by atoms with E-state index < -0.39 is 10.0 Å². The Bertz CT molecular complexity index is 723. The number of para-hydroxylation sites is 1. The number of hydrogen-bond donors (Lipinski definition) is 2. The van der Waals surface area contributed by atoms with Gasteiger partial charge in [0.15, 0.2) is 0 Å². The molecular formula is C12H17N5O2S. The van der Waals surface area contributed by atoms with Gasteiger partial charge in [-0.1, -0.05) is 6.07 Å². The zero-order valence-corrected chi connectivity index (χ0v) is 12.1. The van der Waals surface area contributed by atoms with Gasteiger partial charge in [-0.15, -0.1) is 0 Å². The molecule has 2 aromatic rings. The van der Waals surface area contributed by atoms with Crippen molar-refractivity contribution in [3.8, 4) is 0 Å². The SMILES string of the molecule is CN(Cc1cnn(C)c1)c1cccc(S(N)(=O)=O)c1N. The summed E-state index contributed by atoms with van der Waals surface area (Å²) in [6.07, 6.45) is 3.63. The van der Waals surface area contributed by atoms with Crippen LogP contribution >= 0.6 is 0 Å². The largest absolute Gasteiger partial charge is 0.396 e. The monoisotopic (exact) mass is 295 g/mol. The molecule has 0 aliphatic rings. The molecule has 1 aromatic carbocycles. The number of benzene rings is 1. The Morgan fingerprint density at radius 3 is 2.65 bits per heavy atom. The second kappa shape index (κ2) is 5.14. The van der Waals surface area contributed by atoms with Crippen LogP contribution in [0.4, 0.5) is 11.4 Å². The average molecular weight is 295 g/mol. The Hall–Kier alpha value is -2.06. The number of aromatic nitrogens is 2. The van der Waals surface area contributed by atoms with E-state index in [1.165, 1.54) is 6.07 Å². The van der Waals surface area contributed by atoms with Crippen molar-refractivity contribution in [2.45, 2.75) is 11.4 Å². The molecule has 20 heavy (non-hydrogen) atoms. The molecular weight excluding hydrogens is 278 g/mol. The number of primary sulfonamides is 1. The van der Waals surface area contributed by atoms with Gasteiger partial charge >= 0.3 is 0 Å². The quantitative estimate of drug-likeness (QED) is 0.788. The van der Waals surface area contributed by atoms with Crippen LogP contribution in [0.2, 0.25) is 0 Å². The maximum Gasteiger partial charge on any atom is 0.240 e. The number of nitrogens with two attached hydrogens (primary N) is 2. The Labute approximate surface area is 117 Å². The van der Waals surface area contributed by atoms with Gasteiger partial charge < -0.3 is 10.6 Å². The highest BCUT2D eigenvalue weighted by atomic mass is 32.2. The minimum absolute atomic E-state index is 0.0620. The van der Waals surface area contributed by atoms with E-state index in [0.29, 0.717) is 12.2 Å². The zero-order chi connectivity index (χ0) is 14.9. The van der Waals surface area contributed by atoms with Crippen molar-refractivity contribution in [2.75, 3.05) is 17.7 Å². The maximum absolute atomic E-state index is 11.5. The van der Waals surface area contributed by atoms with Gasteiger partial charge in [0, 0.05) is 32.4 Å². The van der Waals surface area contributed by atoms with Crippen LogP contribution in [0, 0.1) is 0 Å². The van der Waals surface area contributed by atoms with Gasteiger partial charge in [0.25, 0.3) is 0 Å². The molecule has 0 aliphatic heterocycles. The average Bonchev–Trinajstić information content (AvgIpc) is 2.73. The summed E-state index contributed by atoms with van der Waals surface area (Å²) in [5.41, 5.74) is 7.67. The van der Waals surface area contributed by atoms with Crippen LogP contribution < -0.4 is 15.8 Å². The van der Waals surface area contributed by atoms with Crippen molar-refractivity contribution >= 4 is 21.4 Å². The molecule has 0 amide bonds. The molecule has 1 aromatic heterocycles. The first-order valence-electron chi connectivity index (χ1n) is 5.89. The van der Waals surface area contributed by atoms with Gasteiger partial charge in [0.05, 0.1) is 17.6 Å². The van der Waals surface area contributed by atoms with E-state index in [4.69, 9.17) is 10.9 Å². The molecule has 0 atom stereocenters. The predicted octanol–water partition coefficient (Wildman–Crippen LogP) is 0.286. The lowest BCUT2D eigenvalue weighted by Gasteiger charge is -2.21. The summed E-state index contributed by atoms with van der Waals surface area (Å²) >= 11 is 0. The van der Waals surface area contributed by atoms with Crippen LogP contribution in [-0.2, 0) is 23.6 Å². The van der Waals surface area contributed by atoms with Gasteiger partial charge in [-0.3, -0.25) is 4.68 Å². The van der Waals surface area contributed by atoms with Crippen LogP contribution in [0.1, 0.15) is 5.56 Å². The Kier molecular flexibility index (Phi) is 3.69. The summed E-state index contributed by atoms with van der Waals surface area (Å²) < 4.78 is 24.6. The fraction of sp³-hybridized carbons (Fsp3) is 0.250. The van der Waals surface area contributed by atoms with Gasteiger partial charge in [0.2, 0.25) is 10.0 Å². The van der Waals surface area contributed by atoms with Crippen molar-refractivity contribution in [3.05, 3.63) is 36.2 Å². The topological polar surface area (TPSA) is 107 Å². The fourth-order valence-corrected chi connectivity index (χ4v) is 2.71. The number of aryl methyl sites for hydroxylation is 1. The van der Waals surface area contributed by atoms with Crippen molar-refractivity contribution in [1.82, 2.24) is 9.78 Å². The Morgan fingerprint density at radius 2 is 2.10 bits per heavy atom. The molecule has 0 fully saturated rings. The minimum Gasteiger partial charge on any atom is -0.396 e. The second-order valence-corrected chi connectivity index (χ2v) is 6.14. The van der Waals surface area contributed by atoms with E-state index in [1.54, 1.807) is 23.0 Å². The molecule has 1 heterocycles. The number of anilines is 2. The third-order valence-corrected chi connectivity index (χ3v) is 3.91. The molecule has 0 saturated carbocycles. The lowest BCUT2D eigenvalue weighted by molar-refractivity contribution is 0.598. The molecule has 7 nitrogen and oxygen atoms in total. The first kappa shape index (κ1) is 14.4. The van der Waals surface area contributed by atoms with E-state index in [1.807, 2.05) is 25.2 Å². The van der Waals surface area contributed by atoms with Gasteiger partial charge in [-0.25, -0.2) is 13.6 Å². The molecule has 0 saturated heterocycles. The number of hydrogen-bond acceptors (Lipinski definition) is 5. The summed E-state index contributed by atoms with van der Waals surface area (Å²) in [4.78, 5) is 1.79. The van der Waals surface area contributed by atoms with Crippen molar-refractivity contribution in [2.24, 2.45) is 12.2 Å². The fourth-order valence-electron chi connectivity index (χ4n) is 2.03. The van der Waals surface area contributed by atoms with Crippen molar-refractivity contribution in [3.63, 3.8) is 0 Å². The summed E-state index contributed by atoms with van der Waals surface area (Å²) in [6, 6.07) is 4.76. The highest BCUT2D eigenvalue weighted by Gasteiger charge is 2.16. The standard InChI is InChI=1S/C12H17N5O2S/c1-16(7-9-6-15-17(2)8-9)10-4-3-5-11(12(10)13)20(14,18)19/h3-6,8H,7,13H2,1-2H3,(H2,14,18,19). The van der Waals surface area contributed by atoms with Crippen LogP contribution in [0.25, 0.3) is 0 Å². The number of nitrogens with zero attached hydrogens (tertiary/aromatic N) is 3. The summed E-state index contributed by atoms with van der Waals surface area (Å²) in [5.74, 6) is 0. The molecule has 0 bridgehead atoms. The van der Waals surface area contributed by atoms with E-state index in [-0.39, 0.29) is 10.6 Å². The molecule has 0 aliphatic carbocycles. The van der Waals surface area contributed by atoms with Crippen molar-refractivity contribution in [1.29, 1.82) is 0 Å².